The maximum atomic E-state index is 13.1. The Bertz CT molecular complexity index is 704. The molecule has 0 saturated carbocycles. The van der Waals surface area contributed by atoms with Gasteiger partial charge in [-0.1, -0.05) is 29.7 Å². The lowest BCUT2D eigenvalue weighted by Gasteiger charge is -2.17. The van der Waals surface area contributed by atoms with E-state index in [4.69, 9.17) is 16.1 Å². The first-order valence-corrected chi connectivity index (χ1v) is 7.48. The minimum Gasteiger partial charge on any atom is -0.339 e. The van der Waals surface area contributed by atoms with Crippen LogP contribution in [0.15, 0.2) is 22.7 Å². The van der Waals surface area contributed by atoms with Gasteiger partial charge in [-0.15, -0.1) is 0 Å². The normalized spacial score (nSPS) is 18.2. The van der Waals surface area contributed by atoms with E-state index in [-0.39, 0.29) is 11.8 Å². The second kappa shape index (κ2) is 6.04. The molecule has 0 aliphatic carbocycles. The zero-order valence-electron chi connectivity index (χ0n) is 12.1. The number of carbonyl (C=O) groups excluding carboxylic acids is 1. The molecular weight excluding hydrogens is 309 g/mol. The summed E-state index contributed by atoms with van der Waals surface area (Å²) < 4.78 is 18.3. The molecule has 0 radical (unpaired) electrons. The Balaban J connectivity index is 1.72. The number of rotatable bonds is 4. The largest absolute Gasteiger partial charge is 0.339 e. The number of hydrogen-bond acceptors (Lipinski definition) is 4. The van der Waals surface area contributed by atoms with Crippen molar-refractivity contribution in [1.29, 1.82) is 0 Å². The third kappa shape index (κ3) is 2.97. The molecule has 1 amide bonds. The number of likely N-dealkylation sites (tertiary alicyclic amines) is 1. The molecule has 1 aromatic heterocycles. The molecular formula is C15H15ClFN3O2. The minimum atomic E-state index is -0.391. The Morgan fingerprint density at radius 1 is 1.50 bits per heavy atom. The highest BCUT2D eigenvalue weighted by Gasteiger charge is 2.34. The van der Waals surface area contributed by atoms with Crippen LogP contribution >= 0.6 is 11.6 Å². The molecule has 116 valence electrons. The molecule has 1 aliphatic heterocycles. The molecule has 7 heteroatoms. The molecule has 0 bridgehead atoms. The van der Waals surface area contributed by atoms with E-state index in [1.165, 1.54) is 12.1 Å². The molecule has 1 aliphatic rings. The summed E-state index contributed by atoms with van der Waals surface area (Å²) in [5, 5.41) is 4.18. The highest BCUT2D eigenvalue weighted by atomic mass is 35.5. The van der Waals surface area contributed by atoms with E-state index < -0.39 is 5.82 Å². The van der Waals surface area contributed by atoms with Gasteiger partial charge < -0.3 is 9.42 Å². The fourth-order valence-electron chi connectivity index (χ4n) is 2.52. The molecule has 1 saturated heterocycles. The third-order valence-electron chi connectivity index (χ3n) is 3.74. The smallest absolute Gasteiger partial charge is 0.232 e. The first kappa shape index (κ1) is 15.0. The summed E-state index contributed by atoms with van der Waals surface area (Å²) in [5.41, 5.74) is 0.719. The van der Waals surface area contributed by atoms with E-state index in [2.05, 4.69) is 10.1 Å². The molecule has 1 atom stereocenters. The average molecular weight is 324 g/mol. The predicted molar refractivity (Wildman–Crippen MR) is 77.9 cm³/mol. The molecule has 2 aromatic rings. The molecule has 0 N–H and O–H groups in total. The number of nitrogens with zero attached hydrogens (tertiary/aromatic N) is 3. The van der Waals surface area contributed by atoms with Crippen molar-refractivity contribution in [3.8, 4) is 0 Å². The van der Waals surface area contributed by atoms with E-state index in [1.54, 1.807) is 11.0 Å². The summed E-state index contributed by atoms with van der Waals surface area (Å²) in [6, 6.07) is 4.19. The Hall–Kier alpha value is -1.95. The number of benzene rings is 1. The monoisotopic (exact) mass is 323 g/mol. The molecule has 1 unspecified atom stereocenters. The fourth-order valence-corrected chi connectivity index (χ4v) is 2.75. The standard InChI is InChI=1S/C15H15ClFN3O2/c1-2-13-18-15(22-19-13)10-5-14(21)20(8-10)7-9-3-4-11(17)6-12(9)16/h3-4,6,10H,2,5,7-8H2,1H3. The molecule has 1 aromatic carbocycles. The minimum absolute atomic E-state index is 0.00152. The summed E-state index contributed by atoms with van der Waals surface area (Å²) in [4.78, 5) is 18.1. The van der Waals surface area contributed by atoms with Crippen LogP contribution in [0.1, 0.15) is 36.5 Å². The van der Waals surface area contributed by atoms with Gasteiger partial charge in [-0.25, -0.2) is 4.39 Å². The lowest BCUT2D eigenvalue weighted by molar-refractivity contribution is -0.128. The quantitative estimate of drug-likeness (QED) is 0.868. The van der Waals surface area contributed by atoms with Gasteiger partial charge in [0.15, 0.2) is 5.82 Å². The van der Waals surface area contributed by atoms with E-state index in [1.807, 2.05) is 6.92 Å². The van der Waals surface area contributed by atoms with E-state index >= 15 is 0 Å². The number of halogens is 2. The summed E-state index contributed by atoms with van der Waals surface area (Å²) in [7, 11) is 0. The van der Waals surface area contributed by atoms with Gasteiger partial charge in [0, 0.05) is 31.0 Å². The Kier molecular flexibility index (Phi) is 4.11. The van der Waals surface area contributed by atoms with Crippen molar-refractivity contribution in [1.82, 2.24) is 15.0 Å². The van der Waals surface area contributed by atoms with Gasteiger partial charge in [-0.3, -0.25) is 4.79 Å². The molecule has 2 heterocycles. The van der Waals surface area contributed by atoms with Crippen LogP contribution in [0.3, 0.4) is 0 Å². The third-order valence-corrected chi connectivity index (χ3v) is 4.09. The molecule has 1 fully saturated rings. The van der Waals surface area contributed by atoms with Crippen molar-refractivity contribution in [2.24, 2.45) is 0 Å². The summed E-state index contributed by atoms with van der Waals surface area (Å²) >= 11 is 6.01. The maximum Gasteiger partial charge on any atom is 0.232 e. The van der Waals surface area contributed by atoms with Gasteiger partial charge in [0.05, 0.1) is 5.92 Å². The van der Waals surface area contributed by atoms with Crippen LogP contribution in [0.25, 0.3) is 0 Å². The summed E-state index contributed by atoms with van der Waals surface area (Å²) in [5.74, 6) is 0.652. The Morgan fingerprint density at radius 2 is 2.32 bits per heavy atom. The van der Waals surface area contributed by atoms with Crippen molar-refractivity contribution in [3.05, 3.63) is 46.3 Å². The SMILES string of the molecule is CCc1noc(C2CC(=O)N(Cc3ccc(F)cc3Cl)C2)n1. The predicted octanol–water partition coefficient (Wildman–Crippen LogP) is 2.94. The first-order chi connectivity index (χ1) is 10.6. The molecule has 22 heavy (non-hydrogen) atoms. The van der Waals surface area contributed by atoms with Crippen molar-refractivity contribution in [2.75, 3.05) is 6.54 Å². The van der Waals surface area contributed by atoms with E-state index in [9.17, 15) is 9.18 Å². The van der Waals surface area contributed by atoms with Gasteiger partial charge in [0.25, 0.3) is 0 Å². The Labute approximate surface area is 132 Å². The molecule has 3 rings (SSSR count). The lowest BCUT2D eigenvalue weighted by Crippen LogP contribution is -2.24. The van der Waals surface area contributed by atoms with Gasteiger partial charge in [-0.05, 0) is 17.7 Å². The van der Waals surface area contributed by atoms with Gasteiger partial charge in [0.2, 0.25) is 11.8 Å². The van der Waals surface area contributed by atoms with Crippen molar-refractivity contribution >= 4 is 17.5 Å². The van der Waals surface area contributed by atoms with Crippen molar-refractivity contribution in [2.45, 2.75) is 32.2 Å². The zero-order chi connectivity index (χ0) is 15.7. The van der Waals surface area contributed by atoms with Gasteiger partial charge in [-0.2, -0.15) is 4.98 Å². The number of amides is 1. The van der Waals surface area contributed by atoms with Crippen molar-refractivity contribution < 1.29 is 13.7 Å². The van der Waals surface area contributed by atoms with E-state index in [0.717, 1.165) is 5.56 Å². The van der Waals surface area contributed by atoms with E-state index in [0.29, 0.717) is 42.7 Å². The van der Waals surface area contributed by atoms with Gasteiger partial charge in [0.1, 0.15) is 5.82 Å². The summed E-state index contributed by atoms with van der Waals surface area (Å²) in [6.07, 6.45) is 1.03. The average Bonchev–Trinajstić information content (AvgIpc) is 3.09. The van der Waals surface area contributed by atoms with Crippen LogP contribution in [0.4, 0.5) is 4.39 Å². The Morgan fingerprint density at radius 3 is 3.00 bits per heavy atom. The molecule has 5 nitrogen and oxygen atoms in total. The molecule has 0 spiro atoms. The second-order valence-corrected chi connectivity index (χ2v) is 5.72. The number of aryl methyl sites for hydroxylation is 1. The van der Waals surface area contributed by atoms with Crippen LogP contribution in [0, 0.1) is 5.82 Å². The van der Waals surface area contributed by atoms with Crippen molar-refractivity contribution in [3.63, 3.8) is 0 Å². The van der Waals surface area contributed by atoms with Crippen LogP contribution in [0.2, 0.25) is 5.02 Å². The van der Waals surface area contributed by atoms with Crippen LogP contribution < -0.4 is 0 Å². The van der Waals surface area contributed by atoms with Crippen LogP contribution in [-0.4, -0.2) is 27.5 Å². The highest BCUT2D eigenvalue weighted by molar-refractivity contribution is 6.31. The number of carbonyl (C=O) groups is 1. The van der Waals surface area contributed by atoms with Gasteiger partial charge >= 0.3 is 0 Å². The number of aromatic nitrogens is 2. The lowest BCUT2D eigenvalue weighted by atomic mass is 10.1. The number of hydrogen-bond donors (Lipinski definition) is 0. The zero-order valence-corrected chi connectivity index (χ0v) is 12.8. The first-order valence-electron chi connectivity index (χ1n) is 7.11. The topological polar surface area (TPSA) is 59.2 Å². The second-order valence-electron chi connectivity index (χ2n) is 5.31. The fraction of sp³-hybridized carbons (Fsp3) is 0.400. The van der Waals surface area contributed by atoms with Crippen LogP contribution in [0.5, 0.6) is 0 Å². The highest BCUT2D eigenvalue weighted by Crippen LogP contribution is 2.29. The maximum absolute atomic E-state index is 13.1. The van der Waals surface area contributed by atoms with Crippen LogP contribution in [-0.2, 0) is 17.8 Å². The summed E-state index contributed by atoms with van der Waals surface area (Å²) in [6.45, 7) is 2.79.